The van der Waals surface area contributed by atoms with Gasteiger partial charge in [0, 0.05) is 17.7 Å². The van der Waals surface area contributed by atoms with Crippen molar-refractivity contribution < 1.29 is 17.9 Å². The van der Waals surface area contributed by atoms with E-state index < -0.39 is 11.7 Å². The van der Waals surface area contributed by atoms with Crippen molar-refractivity contribution in [3.05, 3.63) is 47.5 Å². The van der Waals surface area contributed by atoms with Gasteiger partial charge in [-0.2, -0.15) is 13.2 Å². The molecule has 21 heavy (non-hydrogen) atoms. The minimum absolute atomic E-state index is 0.122. The summed E-state index contributed by atoms with van der Waals surface area (Å²) in [7, 11) is 0. The second-order valence-corrected chi connectivity index (χ2v) is 5.25. The molecular formula is C16H14F3NO. The van der Waals surface area contributed by atoms with Gasteiger partial charge in [-0.3, -0.25) is 0 Å². The van der Waals surface area contributed by atoms with E-state index in [1.54, 1.807) is 0 Å². The van der Waals surface area contributed by atoms with Crippen LogP contribution in [0.25, 0.3) is 11.1 Å². The summed E-state index contributed by atoms with van der Waals surface area (Å²) in [6.45, 7) is 1.98. The first-order valence-corrected chi connectivity index (χ1v) is 6.61. The average molecular weight is 293 g/mol. The van der Waals surface area contributed by atoms with Crippen molar-refractivity contribution in [3.63, 3.8) is 0 Å². The Balaban J connectivity index is 2.00. The lowest BCUT2D eigenvalue weighted by molar-refractivity contribution is -0.137. The summed E-state index contributed by atoms with van der Waals surface area (Å²) >= 11 is 0. The van der Waals surface area contributed by atoms with Crippen LogP contribution in [0, 0.1) is 0 Å². The number of nitrogen functional groups attached to an aromatic ring is 1. The van der Waals surface area contributed by atoms with E-state index in [1.165, 1.54) is 6.07 Å². The number of rotatable bonds is 1. The minimum atomic E-state index is -4.38. The lowest BCUT2D eigenvalue weighted by Crippen LogP contribution is -2.06. The molecule has 2 nitrogen and oxygen atoms in total. The molecule has 0 aromatic heterocycles. The molecule has 0 fully saturated rings. The largest absolute Gasteiger partial charge is 0.490 e. The van der Waals surface area contributed by atoms with Crippen LogP contribution in [-0.4, -0.2) is 6.10 Å². The Hall–Kier alpha value is -2.17. The van der Waals surface area contributed by atoms with Crippen LogP contribution in [0.3, 0.4) is 0 Å². The van der Waals surface area contributed by atoms with E-state index in [4.69, 9.17) is 10.5 Å². The molecule has 1 unspecified atom stereocenters. The maximum atomic E-state index is 12.7. The number of ether oxygens (including phenoxy) is 1. The van der Waals surface area contributed by atoms with Crippen LogP contribution < -0.4 is 10.5 Å². The van der Waals surface area contributed by atoms with Gasteiger partial charge in [-0.1, -0.05) is 12.1 Å². The predicted molar refractivity (Wildman–Crippen MR) is 75.1 cm³/mol. The Kier molecular flexibility index (Phi) is 3.08. The lowest BCUT2D eigenvalue weighted by Gasteiger charge is -2.11. The molecule has 1 aliphatic rings. The van der Waals surface area contributed by atoms with Crippen LogP contribution in [0.2, 0.25) is 0 Å². The molecule has 0 aliphatic carbocycles. The third-order valence-corrected chi connectivity index (χ3v) is 3.59. The molecule has 2 aromatic rings. The molecule has 110 valence electrons. The van der Waals surface area contributed by atoms with Crippen LogP contribution in [0.5, 0.6) is 5.75 Å². The molecule has 0 radical (unpaired) electrons. The Bertz CT molecular complexity index is 694. The molecular weight excluding hydrogens is 279 g/mol. The van der Waals surface area contributed by atoms with Crippen molar-refractivity contribution in [2.75, 3.05) is 5.73 Å². The van der Waals surface area contributed by atoms with Gasteiger partial charge in [0.2, 0.25) is 0 Å². The average Bonchev–Trinajstić information content (AvgIpc) is 2.76. The minimum Gasteiger partial charge on any atom is -0.490 e. The van der Waals surface area contributed by atoms with E-state index in [9.17, 15) is 13.2 Å². The Morgan fingerprint density at radius 3 is 2.57 bits per heavy atom. The van der Waals surface area contributed by atoms with Crippen molar-refractivity contribution >= 4 is 5.69 Å². The summed E-state index contributed by atoms with van der Waals surface area (Å²) in [5.74, 6) is 0.830. The van der Waals surface area contributed by atoms with Gasteiger partial charge >= 0.3 is 6.18 Å². The van der Waals surface area contributed by atoms with Gasteiger partial charge in [0.05, 0.1) is 5.56 Å². The quantitative estimate of drug-likeness (QED) is 0.797. The van der Waals surface area contributed by atoms with Gasteiger partial charge in [0.25, 0.3) is 0 Å². The summed E-state index contributed by atoms with van der Waals surface area (Å²) in [6, 6.07) is 9.03. The van der Waals surface area contributed by atoms with E-state index >= 15 is 0 Å². The number of anilines is 1. The molecule has 1 aliphatic heterocycles. The maximum Gasteiger partial charge on any atom is 0.416 e. The maximum absolute atomic E-state index is 12.7. The highest BCUT2D eigenvalue weighted by molar-refractivity contribution is 5.78. The zero-order valence-corrected chi connectivity index (χ0v) is 11.4. The van der Waals surface area contributed by atoms with Gasteiger partial charge < -0.3 is 10.5 Å². The smallest absolute Gasteiger partial charge is 0.416 e. The zero-order valence-electron chi connectivity index (χ0n) is 11.4. The molecule has 0 bridgehead atoms. The van der Waals surface area contributed by atoms with E-state index in [-0.39, 0.29) is 11.8 Å². The van der Waals surface area contributed by atoms with Crippen LogP contribution in [0.4, 0.5) is 18.9 Å². The fourth-order valence-electron chi connectivity index (χ4n) is 2.59. The van der Waals surface area contributed by atoms with Crippen molar-refractivity contribution in [3.8, 4) is 16.9 Å². The summed E-state index contributed by atoms with van der Waals surface area (Å²) in [5.41, 5.74) is 7.64. The zero-order chi connectivity index (χ0) is 15.2. The predicted octanol–water partition coefficient (Wildman–Crippen LogP) is 4.28. The van der Waals surface area contributed by atoms with Crippen LogP contribution in [0.1, 0.15) is 18.1 Å². The van der Waals surface area contributed by atoms with Gasteiger partial charge in [0.15, 0.2) is 0 Å². The van der Waals surface area contributed by atoms with Gasteiger partial charge in [-0.15, -0.1) is 0 Å². The molecule has 1 atom stereocenters. The number of nitrogens with two attached hydrogens (primary N) is 1. The van der Waals surface area contributed by atoms with Crippen molar-refractivity contribution in [1.82, 2.24) is 0 Å². The molecule has 0 saturated heterocycles. The normalized spacial score (nSPS) is 17.4. The van der Waals surface area contributed by atoms with Gasteiger partial charge in [-0.25, -0.2) is 0 Å². The molecule has 3 rings (SSSR count). The van der Waals surface area contributed by atoms with Gasteiger partial charge in [0.1, 0.15) is 11.9 Å². The molecule has 0 spiro atoms. The summed E-state index contributed by atoms with van der Waals surface area (Å²) < 4.78 is 43.6. The first-order chi connectivity index (χ1) is 9.84. The number of alkyl halides is 3. The van der Waals surface area contributed by atoms with E-state index in [1.807, 2.05) is 25.1 Å². The van der Waals surface area contributed by atoms with Crippen molar-refractivity contribution in [1.29, 1.82) is 0 Å². The van der Waals surface area contributed by atoms with Crippen LogP contribution in [0.15, 0.2) is 36.4 Å². The third-order valence-electron chi connectivity index (χ3n) is 3.59. The Morgan fingerprint density at radius 1 is 1.14 bits per heavy atom. The SMILES string of the molecule is CC1Cc2cc(-c3ccc(C(F)(F)F)cc3N)ccc2O1. The molecule has 0 amide bonds. The standard InChI is InChI=1S/C16H14F3NO/c1-9-6-11-7-10(2-5-15(11)21-9)13-4-3-12(8-14(13)20)16(17,18)19/h2-5,7-9H,6,20H2,1H3. The van der Waals surface area contributed by atoms with E-state index in [0.29, 0.717) is 5.56 Å². The van der Waals surface area contributed by atoms with Crippen molar-refractivity contribution in [2.45, 2.75) is 25.6 Å². The Morgan fingerprint density at radius 2 is 1.90 bits per heavy atom. The highest BCUT2D eigenvalue weighted by atomic mass is 19.4. The molecule has 2 N–H and O–H groups in total. The molecule has 0 saturated carbocycles. The van der Waals surface area contributed by atoms with Gasteiger partial charge in [-0.05, 0) is 42.3 Å². The summed E-state index contributed by atoms with van der Waals surface area (Å²) in [6.07, 6.45) is -3.46. The van der Waals surface area contributed by atoms with Crippen LogP contribution >= 0.6 is 0 Å². The fourth-order valence-corrected chi connectivity index (χ4v) is 2.59. The summed E-state index contributed by atoms with van der Waals surface area (Å²) in [4.78, 5) is 0. The highest BCUT2D eigenvalue weighted by Gasteiger charge is 2.31. The number of halogens is 3. The number of fused-ring (bicyclic) bond motifs is 1. The highest BCUT2D eigenvalue weighted by Crippen LogP contribution is 2.37. The number of hydrogen-bond acceptors (Lipinski definition) is 2. The summed E-state index contributed by atoms with van der Waals surface area (Å²) in [5, 5.41) is 0. The van der Waals surface area contributed by atoms with Crippen molar-refractivity contribution in [2.24, 2.45) is 0 Å². The molecule has 5 heteroatoms. The Labute approximate surface area is 120 Å². The monoisotopic (exact) mass is 293 g/mol. The van der Waals surface area contributed by atoms with E-state index in [0.717, 1.165) is 35.4 Å². The molecule has 1 heterocycles. The first-order valence-electron chi connectivity index (χ1n) is 6.61. The lowest BCUT2D eigenvalue weighted by atomic mass is 9.98. The van der Waals surface area contributed by atoms with Crippen LogP contribution in [-0.2, 0) is 12.6 Å². The van der Waals surface area contributed by atoms with E-state index in [2.05, 4.69) is 0 Å². The second kappa shape index (κ2) is 4.69. The third kappa shape index (κ3) is 2.55. The number of benzene rings is 2. The fraction of sp³-hybridized carbons (Fsp3) is 0.250. The first kappa shape index (κ1) is 13.8. The number of hydrogen-bond donors (Lipinski definition) is 1. The second-order valence-electron chi connectivity index (χ2n) is 5.25. The topological polar surface area (TPSA) is 35.2 Å². The molecule has 2 aromatic carbocycles.